The Balaban J connectivity index is 2.52. The molecule has 2 N–H and O–H groups in total. The molecule has 0 bridgehead atoms. The molecule has 1 aromatic rings. The third kappa shape index (κ3) is 4.44. The number of aromatic nitrogens is 2. The maximum atomic E-state index is 11.4. The van der Waals surface area contributed by atoms with Crippen molar-refractivity contribution in [2.24, 2.45) is 7.05 Å². The molecule has 1 aromatic heterocycles. The van der Waals surface area contributed by atoms with Gasteiger partial charge in [0.25, 0.3) is 0 Å². The van der Waals surface area contributed by atoms with Gasteiger partial charge >= 0.3 is 6.09 Å². The van der Waals surface area contributed by atoms with Crippen molar-refractivity contribution in [3.05, 3.63) is 11.3 Å². The summed E-state index contributed by atoms with van der Waals surface area (Å²) in [6.45, 7) is 7.71. The molecule has 108 valence electrons. The molecule has 19 heavy (non-hydrogen) atoms. The molecule has 0 aliphatic carbocycles. The van der Waals surface area contributed by atoms with Crippen molar-refractivity contribution in [3.8, 4) is 5.88 Å². The van der Waals surface area contributed by atoms with Gasteiger partial charge in [0, 0.05) is 13.6 Å². The fraction of sp³-hybridized carbons (Fsp3) is 0.667. The summed E-state index contributed by atoms with van der Waals surface area (Å²) in [5, 5.41) is 4.25. The van der Waals surface area contributed by atoms with Crippen LogP contribution in [-0.4, -0.2) is 28.6 Å². The van der Waals surface area contributed by atoms with Crippen LogP contribution in [-0.2, 0) is 18.3 Å². The van der Waals surface area contributed by atoms with Gasteiger partial charge in [0.2, 0.25) is 5.88 Å². The largest absolute Gasteiger partial charge is 0.481 e. The van der Waals surface area contributed by atoms with E-state index in [9.17, 15) is 4.79 Å². The van der Waals surface area contributed by atoms with Crippen molar-refractivity contribution < 1.29 is 14.3 Å². The van der Waals surface area contributed by atoms with Crippen molar-refractivity contribution in [2.75, 3.05) is 7.11 Å². The molecule has 0 atom stereocenters. The van der Waals surface area contributed by atoms with E-state index in [-0.39, 0.29) is 0 Å². The Labute approximate surface area is 113 Å². The minimum atomic E-state index is -0.520. The van der Waals surface area contributed by atoms with Crippen LogP contribution in [0.2, 0.25) is 0 Å². The highest BCUT2D eigenvalue weighted by Gasteiger charge is 2.17. The molecule has 1 rings (SSSR count). The summed E-state index contributed by atoms with van der Waals surface area (Å²) >= 11 is 0. The first kappa shape index (κ1) is 15.3. The van der Waals surface area contributed by atoms with Crippen LogP contribution >= 0.6 is 0 Å². The van der Waals surface area contributed by atoms with Crippen molar-refractivity contribution in [1.82, 2.24) is 20.6 Å². The van der Waals surface area contributed by atoms with E-state index in [0.29, 0.717) is 12.4 Å². The van der Waals surface area contributed by atoms with Crippen LogP contribution in [0.1, 0.15) is 32.0 Å². The number of carbonyl (C=O) groups is 1. The zero-order valence-electron chi connectivity index (χ0n) is 12.3. The van der Waals surface area contributed by atoms with Crippen LogP contribution in [0.25, 0.3) is 0 Å². The third-order valence-corrected chi connectivity index (χ3v) is 2.34. The van der Waals surface area contributed by atoms with Crippen LogP contribution < -0.4 is 15.6 Å². The zero-order chi connectivity index (χ0) is 14.6. The summed E-state index contributed by atoms with van der Waals surface area (Å²) in [5.74, 6) is 0.663. The summed E-state index contributed by atoms with van der Waals surface area (Å²) in [4.78, 5) is 11.4. The van der Waals surface area contributed by atoms with Gasteiger partial charge in [-0.15, -0.1) is 0 Å². The number of ether oxygens (including phenoxy) is 2. The normalized spacial score (nSPS) is 11.3. The number of nitrogens with zero attached hydrogens (tertiary/aromatic N) is 2. The van der Waals surface area contributed by atoms with Crippen LogP contribution in [0, 0.1) is 6.92 Å². The van der Waals surface area contributed by atoms with E-state index in [1.165, 1.54) is 0 Å². The maximum absolute atomic E-state index is 11.4. The number of hydrogen-bond donors (Lipinski definition) is 2. The summed E-state index contributed by atoms with van der Waals surface area (Å²) in [5.41, 5.74) is 6.48. The van der Waals surface area contributed by atoms with Crippen LogP contribution in [0.5, 0.6) is 5.88 Å². The molecule has 0 radical (unpaired) electrons. The van der Waals surface area contributed by atoms with Gasteiger partial charge in [0.1, 0.15) is 5.60 Å². The van der Waals surface area contributed by atoms with E-state index < -0.39 is 11.7 Å². The van der Waals surface area contributed by atoms with E-state index in [1.54, 1.807) is 39.6 Å². The van der Waals surface area contributed by atoms with Gasteiger partial charge < -0.3 is 9.47 Å². The van der Waals surface area contributed by atoms with E-state index in [4.69, 9.17) is 9.47 Å². The molecule has 0 fully saturated rings. The first-order valence-corrected chi connectivity index (χ1v) is 6.03. The van der Waals surface area contributed by atoms with E-state index >= 15 is 0 Å². The Kier molecular flexibility index (Phi) is 4.77. The number of hydrazine groups is 1. The molecule has 0 spiro atoms. The predicted molar refractivity (Wildman–Crippen MR) is 70.7 cm³/mol. The number of hydrogen-bond acceptors (Lipinski definition) is 5. The second-order valence-corrected chi connectivity index (χ2v) is 5.18. The molecule has 0 saturated heterocycles. The molecule has 7 heteroatoms. The lowest BCUT2D eigenvalue weighted by Gasteiger charge is -2.19. The first-order valence-electron chi connectivity index (χ1n) is 6.03. The Bertz CT molecular complexity index is 449. The van der Waals surface area contributed by atoms with Gasteiger partial charge in [-0.05, 0) is 27.7 Å². The van der Waals surface area contributed by atoms with Gasteiger partial charge in [-0.1, -0.05) is 0 Å². The zero-order valence-corrected chi connectivity index (χ0v) is 12.3. The van der Waals surface area contributed by atoms with Crippen LogP contribution in [0.3, 0.4) is 0 Å². The molecule has 0 aliphatic heterocycles. The Morgan fingerprint density at radius 1 is 1.42 bits per heavy atom. The van der Waals surface area contributed by atoms with Crippen LogP contribution in [0.15, 0.2) is 0 Å². The number of methoxy groups -OCH3 is 1. The average Bonchev–Trinajstić information content (AvgIpc) is 2.50. The molecular formula is C12H22N4O3. The molecule has 0 saturated carbocycles. The smallest absolute Gasteiger partial charge is 0.422 e. The third-order valence-electron chi connectivity index (χ3n) is 2.34. The van der Waals surface area contributed by atoms with Gasteiger partial charge in [-0.3, -0.25) is 5.43 Å². The van der Waals surface area contributed by atoms with Crippen molar-refractivity contribution in [3.63, 3.8) is 0 Å². The minimum Gasteiger partial charge on any atom is -0.481 e. The SMILES string of the molecule is COc1c(CNNC(=O)OC(C)(C)C)c(C)nn1C. The van der Waals surface area contributed by atoms with Crippen molar-refractivity contribution in [1.29, 1.82) is 0 Å². The van der Waals surface area contributed by atoms with Gasteiger partial charge in [0.05, 0.1) is 18.4 Å². The van der Waals surface area contributed by atoms with Gasteiger partial charge in [-0.2, -0.15) is 5.10 Å². The van der Waals surface area contributed by atoms with Gasteiger partial charge in [-0.25, -0.2) is 14.9 Å². The maximum Gasteiger partial charge on any atom is 0.422 e. The second-order valence-electron chi connectivity index (χ2n) is 5.18. The number of nitrogens with one attached hydrogen (secondary N) is 2. The highest BCUT2D eigenvalue weighted by atomic mass is 16.6. The lowest BCUT2D eigenvalue weighted by atomic mass is 10.2. The van der Waals surface area contributed by atoms with E-state index in [0.717, 1.165) is 11.3 Å². The number of rotatable bonds is 4. The minimum absolute atomic E-state index is 0.405. The summed E-state index contributed by atoms with van der Waals surface area (Å²) in [6.07, 6.45) is -0.520. The predicted octanol–water partition coefficient (Wildman–Crippen LogP) is 1.27. The van der Waals surface area contributed by atoms with Crippen molar-refractivity contribution in [2.45, 2.75) is 39.8 Å². The Morgan fingerprint density at radius 2 is 2.05 bits per heavy atom. The summed E-state index contributed by atoms with van der Waals surface area (Å²) in [6, 6.07) is 0. The lowest BCUT2D eigenvalue weighted by molar-refractivity contribution is 0.0496. The second kappa shape index (κ2) is 5.92. The van der Waals surface area contributed by atoms with Crippen molar-refractivity contribution >= 4 is 6.09 Å². The Morgan fingerprint density at radius 3 is 2.58 bits per heavy atom. The number of carbonyl (C=O) groups excluding carboxylic acids is 1. The lowest BCUT2D eigenvalue weighted by Crippen LogP contribution is -2.40. The highest BCUT2D eigenvalue weighted by Crippen LogP contribution is 2.20. The first-order chi connectivity index (χ1) is 8.74. The topological polar surface area (TPSA) is 77.4 Å². The Hall–Kier alpha value is -1.76. The summed E-state index contributed by atoms with van der Waals surface area (Å²) in [7, 11) is 3.39. The van der Waals surface area contributed by atoms with E-state index in [1.807, 2.05) is 6.92 Å². The quantitative estimate of drug-likeness (QED) is 0.806. The standard InChI is InChI=1S/C12H22N4O3/c1-8-9(10(18-6)16(5)15-8)7-13-14-11(17)19-12(2,3)4/h13H,7H2,1-6H3,(H,14,17). The molecule has 1 amide bonds. The fourth-order valence-electron chi connectivity index (χ4n) is 1.65. The average molecular weight is 270 g/mol. The van der Waals surface area contributed by atoms with Crippen LogP contribution in [0.4, 0.5) is 4.79 Å². The fourth-order valence-corrected chi connectivity index (χ4v) is 1.65. The molecule has 0 unspecified atom stereocenters. The molecule has 1 heterocycles. The molecule has 0 aromatic carbocycles. The van der Waals surface area contributed by atoms with E-state index in [2.05, 4.69) is 16.0 Å². The van der Waals surface area contributed by atoms with Gasteiger partial charge in [0.15, 0.2) is 0 Å². The number of aryl methyl sites for hydroxylation is 2. The molecule has 0 aliphatic rings. The molecule has 7 nitrogen and oxygen atoms in total. The monoisotopic (exact) mass is 270 g/mol. The number of amides is 1. The molecular weight excluding hydrogens is 248 g/mol. The summed E-state index contributed by atoms with van der Waals surface area (Å²) < 4.78 is 12.0. The highest BCUT2D eigenvalue weighted by molar-refractivity contribution is 5.67.